The van der Waals surface area contributed by atoms with Crippen LogP contribution in [0.5, 0.6) is 0 Å². The van der Waals surface area contributed by atoms with Crippen molar-refractivity contribution in [3.63, 3.8) is 0 Å². The molecule has 3 N–H and O–H groups in total. The molecule has 1 aromatic carbocycles. The smallest absolute Gasteiger partial charge is 0.251 e. The summed E-state index contributed by atoms with van der Waals surface area (Å²) in [6.45, 7) is 8.10. The molecule has 5 nitrogen and oxygen atoms in total. The van der Waals surface area contributed by atoms with Gasteiger partial charge in [-0.3, -0.25) is 9.59 Å². The third-order valence-electron chi connectivity index (χ3n) is 3.65. The van der Waals surface area contributed by atoms with Gasteiger partial charge in [0.15, 0.2) is 0 Å². The molecule has 5 heteroatoms. The molecule has 1 aromatic rings. The molecule has 0 fully saturated rings. The van der Waals surface area contributed by atoms with Crippen molar-refractivity contribution < 1.29 is 14.7 Å². The normalized spacial score (nSPS) is 13.5. The van der Waals surface area contributed by atoms with Crippen molar-refractivity contribution in [3.05, 3.63) is 35.4 Å². The second-order valence-electron chi connectivity index (χ2n) is 6.72. The molecule has 2 amide bonds. The molecule has 23 heavy (non-hydrogen) atoms. The van der Waals surface area contributed by atoms with Crippen molar-refractivity contribution in [2.24, 2.45) is 5.92 Å². The number of nitrogens with one attached hydrogen (secondary N) is 2. The zero-order valence-electron chi connectivity index (χ0n) is 14.5. The molecular formula is C18H28N2O3. The maximum atomic E-state index is 12.1. The minimum atomic E-state index is -0.898. The highest BCUT2D eigenvalue weighted by molar-refractivity contribution is 5.94. The standard InChI is InChI=1S/C18H28N2O3/c1-13(2)9-10-18(4,23)12-20-17(22)16-7-5-15(6-8-16)11-19-14(3)21/h5-8,13,23H,9-12H2,1-4H3,(H,19,21)(H,20,22). The third-order valence-corrected chi connectivity index (χ3v) is 3.65. The summed E-state index contributed by atoms with van der Waals surface area (Å²) in [4.78, 5) is 23.0. The summed E-state index contributed by atoms with van der Waals surface area (Å²) in [7, 11) is 0. The third kappa shape index (κ3) is 7.79. The molecule has 0 aliphatic heterocycles. The maximum absolute atomic E-state index is 12.1. The summed E-state index contributed by atoms with van der Waals surface area (Å²) in [5.41, 5.74) is 0.572. The lowest BCUT2D eigenvalue weighted by atomic mass is 9.95. The van der Waals surface area contributed by atoms with Gasteiger partial charge in [0.1, 0.15) is 0 Å². The van der Waals surface area contributed by atoms with Crippen LogP contribution in [0, 0.1) is 5.92 Å². The van der Waals surface area contributed by atoms with Crippen molar-refractivity contribution in [2.45, 2.75) is 52.7 Å². The molecule has 0 aromatic heterocycles. The summed E-state index contributed by atoms with van der Waals surface area (Å²) >= 11 is 0. The van der Waals surface area contributed by atoms with E-state index < -0.39 is 5.60 Å². The lowest BCUT2D eigenvalue weighted by Gasteiger charge is -2.24. The molecule has 0 aliphatic carbocycles. The number of hydrogen-bond donors (Lipinski definition) is 3. The number of carbonyl (C=O) groups is 2. The van der Waals surface area contributed by atoms with Gasteiger partial charge in [-0.1, -0.05) is 26.0 Å². The van der Waals surface area contributed by atoms with Crippen LogP contribution in [0.15, 0.2) is 24.3 Å². The molecule has 0 bridgehead atoms. The first-order valence-corrected chi connectivity index (χ1v) is 8.03. The van der Waals surface area contributed by atoms with Gasteiger partial charge in [-0.15, -0.1) is 0 Å². The highest BCUT2D eigenvalue weighted by Crippen LogP contribution is 2.15. The van der Waals surface area contributed by atoms with E-state index in [0.717, 1.165) is 12.0 Å². The number of amides is 2. The predicted octanol–water partition coefficient (Wildman–Crippen LogP) is 2.24. The summed E-state index contributed by atoms with van der Waals surface area (Å²) in [6.07, 6.45) is 1.57. The van der Waals surface area contributed by atoms with Crippen LogP contribution in [-0.2, 0) is 11.3 Å². The van der Waals surface area contributed by atoms with Crippen LogP contribution in [0.25, 0.3) is 0 Å². The molecule has 1 unspecified atom stereocenters. The molecule has 0 radical (unpaired) electrons. The minimum Gasteiger partial charge on any atom is -0.388 e. The lowest BCUT2D eigenvalue weighted by Crippen LogP contribution is -2.40. The van der Waals surface area contributed by atoms with E-state index in [4.69, 9.17) is 0 Å². The molecule has 0 saturated heterocycles. The van der Waals surface area contributed by atoms with Crippen molar-refractivity contribution in [3.8, 4) is 0 Å². The highest BCUT2D eigenvalue weighted by Gasteiger charge is 2.21. The Hall–Kier alpha value is -1.88. The van der Waals surface area contributed by atoms with Crippen LogP contribution < -0.4 is 10.6 Å². The second kappa shape index (κ2) is 8.67. The lowest BCUT2D eigenvalue weighted by molar-refractivity contribution is -0.119. The van der Waals surface area contributed by atoms with Gasteiger partial charge in [0, 0.05) is 25.6 Å². The number of benzene rings is 1. The average Bonchev–Trinajstić information content (AvgIpc) is 2.49. The van der Waals surface area contributed by atoms with Gasteiger partial charge in [0.05, 0.1) is 5.60 Å². The maximum Gasteiger partial charge on any atom is 0.251 e. The first-order valence-electron chi connectivity index (χ1n) is 8.03. The van der Waals surface area contributed by atoms with Crippen LogP contribution in [0.3, 0.4) is 0 Å². The van der Waals surface area contributed by atoms with E-state index in [0.29, 0.717) is 24.4 Å². The Kier molecular flexibility index (Phi) is 7.23. The Morgan fingerprint density at radius 1 is 1.17 bits per heavy atom. The van der Waals surface area contributed by atoms with Crippen molar-refractivity contribution in [2.75, 3.05) is 6.54 Å². The molecule has 128 valence electrons. The second-order valence-corrected chi connectivity index (χ2v) is 6.72. The van der Waals surface area contributed by atoms with E-state index in [9.17, 15) is 14.7 Å². The Morgan fingerprint density at radius 2 is 1.78 bits per heavy atom. The van der Waals surface area contributed by atoms with Gasteiger partial charge in [0.2, 0.25) is 5.91 Å². The van der Waals surface area contributed by atoms with Gasteiger partial charge in [-0.2, -0.15) is 0 Å². The van der Waals surface area contributed by atoms with E-state index in [1.807, 2.05) is 12.1 Å². The SMILES string of the molecule is CC(=O)NCc1ccc(C(=O)NCC(C)(O)CCC(C)C)cc1. The summed E-state index contributed by atoms with van der Waals surface area (Å²) in [5, 5.41) is 15.8. The fourth-order valence-electron chi connectivity index (χ4n) is 2.06. The molecule has 0 aliphatic rings. The van der Waals surface area contributed by atoms with E-state index >= 15 is 0 Å². The van der Waals surface area contributed by atoms with Gasteiger partial charge in [-0.25, -0.2) is 0 Å². The fourth-order valence-corrected chi connectivity index (χ4v) is 2.06. The van der Waals surface area contributed by atoms with Gasteiger partial charge >= 0.3 is 0 Å². The highest BCUT2D eigenvalue weighted by atomic mass is 16.3. The zero-order valence-corrected chi connectivity index (χ0v) is 14.5. The monoisotopic (exact) mass is 320 g/mol. The van der Waals surface area contributed by atoms with Crippen LogP contribution in [0.4, 0.5) is 0 Å². The Labute approximate surface area is 138 Å². The van der Waals surface area contributed by atoms with Crippen molar-refractivity contribution >= 4 is 11.8 Å². The molecule has 1 rings (SSSR count). The van der Waals surface area contributed by atoms with Crippen LogP contribution >= 0.6 is 0 Å². The Morgan fingerprint density at radius 3 is 2.30 bits per heavy atom. The van der Waals surface area contributed by atoms with Gasteiger partial charge in [0.25, 0.3) is 5.91 Å². The van der Waals surface area contributed by atoms with Crippen LogP contribution in [-0.4, -0.2) is 29.1 Å². The topological polar surface area (TPSA) is 78.4 Å². The average molecular weight is 320 g/mol. The van der Waals surface area contributed by atoms with Crippen molar-refractivity contribution in [1.82, 2.24) is 10.6 Å². The van der Waals surface area contributed by atoms with Gasteiger partial charge < -0.3 is 15.7 Å². The van der Waals surface area contributed by atoms with Gasteiger partial charge in [-0.05, 0) is 43.4 Å². The largest absolute Gasteiger partial charge is 0.388 e. The van der Waals surface area contributed by atoms with E-state index in [2.05, 4.69) is 24.5 Å². The molecule has 1 atom stereocenters. The summed E-state index contributed by atoms with van der Waals surface area (Å²) in [5.74, 6) is 0.227. The minimum absolute atomic E-state index is 0.0875. The summed E-state index contributed by atoms with van der Waals surface area (Å²) < 4.78 is 0. The molecular weight excluding hydrogens is 292 g/mol. The van der Waals surface area contributed by atoms with Crippen molar-refractivity contribution in [1.29, 1.82) is 0 Å². The Balaban J connectivity index is 2.49. The number of carbonyl (C=O) groups excluding carboxylic acids is 2. The molecule has 0 heterocycles. The van der Waals surface area contributed by atoms with E-state index in [1.165, 1.54) is 6.92 Å². The fraction of sp³-hybridized carbons (Fsp3) is 0.556. The summed E-state index contributed by atoms with van der Waals surface area (Å²) in [6, 6.07) is 7.05. The Bertz CT molecular complexity index is 522. The van der Waals surface area contributed by atoms with Crippen LogP contribution in [0.2, 0.25) is 0 Å². The number of hydrogen-bond acceptors (Lipinski definition) is 3. The molecule has 0 saturated carbocycles. The van der Waals surface area contributed by atoms with E-state index in [1.54, 1.807) is 19.1 Å². The first-order chi connectivity index (χ1) is 10.7. The van der Waals surface area contributed by atoms with E-state index in [-0.39, 0.29) is 18.4 Å². The van der Waals surface area contributed by atoms with Crippen LogP contribution in [0.1, 0.15) is 56.5 Å². The number of rotatable bonds is 8. The number of aliphatic hydroxyl groups is 1. The zero-order chi connectivity index (χ0) is 17.5. The molecule has 0 spiro atoms. The predicted molar refractivity (Wildman–Crippen MR) is 91.0 cm³/mol. The first kappa shape index (κ1) is 19.2. The quantitative estimate of drug-likeness (QED) is 0.687.